The second-order valence-corrected chi connectivity index (χ2v) is 10.2. The van der Waals surface area contributed by atoms with Crippen molar-refractivity contribution in [3.05, 3.63) is 34.4 Å². The van der Waals surface area contributed by atoms with E-state index in [4.69, 9.17) is 18.9 Å². The van der Waals surface area contributed by atoms with E-state index < -0.39 is 109 Å². The molecule has 19 heteroatoms. The average Bonchev–Trinajstić information content (AvgIpc) is 2.96. The van der Waals surface area contributed by atoms with Gasteiger partial charge in [0.15, 0.2) is 0 Å². The zero-order valence-electron chi connectivity index (χ0n) is 23.4. The van der Waals surface area contributed by atoms with Crippen LogP contribution in [0.5, 0.6) is 5.75 Å². The van der Waals surface area contributed by atoms with E-state index in [1.165, 1.54) is 0 Å². The Bertz CT molecular complexity index is 1180. The molecule has 44 heavy (non-hydrogen) atoms. The Morgan fingerprint density at radius 2 is 1.77 bits per heavy atom. The molecule has 2 heterocycles. The second-order valence-electron chi connectivity index (χ2n) is 10.2. The molecule has 8 N–H and O–H groups in total. The molecular weight excluding hydrogens is 600 g/mol. The highest BCUT2D eigenvalue weighted by Crippen LogP contribution is 2.37. The monoisotopic (exact) mass is 634 g/mol. The van der Waals surface area contributed by atoms with Crippen molar-refractivity contribution >= 4 is 23.5 Å². The van der Waals surface area contributed by atoms with Crippen LogP contribution < -0.4 is 10.1 Å². The third kappa shape index (κ3) is 7.94. The van der Waals surface area contributed by atoms with Gasteiger partial charge in [-0.2, -0.15) is 0 Å². The van der Waals surface area contributed by atoms with Crippen LogP contribution in [0.3, 0.4) is 0 Å². The number of carboxylic acid groups (broad SMARTS) is 1. The minimum atomic E-state index is -2.97. The van der Waals surface area contributed by atoms with Gasteiger partial charge in [-0.25, -0.2) is 4.79 Å². The smallest absolute Gasteiger partial charge is 0.364 e. The van der Waals surface area contributed by atoms with Crippen molar-refractivity contribution in [2.45, 2.75) is 87.2 Å². The van der Waals surface area contributed by atoms with E-state index >= 15 is 0 Å². The molecule has 2 saturated heterocycles. The van der Waals surface area contributed by atoms with Crippen LogP contribution in [-0.4, -0.2) is 139 Å². The minimum absolute atomic E-state index is 0.0631. The molecule has 0 spiro atoms. The highest BCUT2D eigenvalue weighted by atomic mass is 16.8. The molecule has 2 fully saturated rings. The molecule has 1 aromatic rings. The van der Waals surface area contributed by atoms with Crippen molar-refractivity contribution in [3.63, 3.8) is 0 Å². The minimum Gasteiger partial charge on any atom is -0.477 e. The number of amides is 1. The number of carbonyl (C=O) groups excluding carboxylic acids is 2. The van der Waals surface area contributed by atoms with Gasteiger partial charge in [-0.05, 0) is 12.1 Å². The lowest BCUT2D eigenvalue weighted by molar-refractivity contribution is -0.384. The van der Waals surface area contributed by atoms with Gasteiger partial charge in [0.05, 0.1) is 23.7 Å². The largest absolute Gasteiger partial charge is 0.477 e. The summed E-state index contributed by atoms with van der Waals surface area (Å²) >= 11 is 0. The lowest BCUT2D eigenvalue weighted by atomic mass is 9.88. The summed E-state index contributed by atoms with van der Waals surface area (Å²) in [6, 6.07) is 2.97. The first kappa shape index (κ1) is 35.0. The quantitative estimate of drug-likeness (QED) is 0.0629. The highest BCUT2D eigenvalue weighted by Gasteiger charge is 2.59. The molecule has 1 aromatic carbocycles. The number of hydrogen-bond acceptors (Lipinski definition) is 16. The standard InChI is InChI=1S/C25H34N2O17/c1-10(29)26-17-14(31)7-25(24(36)37,43-21(17)18(33)15(32)9-40-11(2)30)44-22-19(34)16(8-28)42-23(20(22)35)41-13-5-3-12(4-6-13)27(38)39/h3-6,14-23,28,31-35H,7-9H2,1-2H3,(H,26,29)(H,36,37)/t14-,15-,16?,17-,18-,19+,20?,21?,22?,23-,25+/m1/s1. The molecule has 0 aromatic heterocycles. The highest BCUT2D eigenvalue weighted by molar-refractivity contribution is 5.76. The first-order valence-corrected chi connectivity index (χ1v) is 13.2. The molecule has 4 unspecified atom stereocenters. The van der Waals surface area contributed by atoms with Crippen LogP contribution in [0.25, 0.3) is 0 Å². The predicted octanol–water partition coefficient (Wildman–Crippen LogP) is -3.48. The molecule has 0 bridgehead atoms. The first-order chi connectivity index (χ1) is 20.6. The SMILES string of the molecule is CC(=O)N[C@H]1C([C@H](O)[C@H](O)COC(C)=O)O[C@@](OC2C(O)[C@H](Oc3ccc([N+](=O)[O-])cc3)OC(CO)[C@@H]2O)(C(=O)O)C[C@H]1O. The summed E-state index contributed by atoms with van der Waals surface area (Å²) < 4.78 is 26.8. The number of non-ortho nitro benzene ring substituents is 1. The van der Waals surface area contributed by atoms with Gasteiger partial charge < -0.3 is 64.7 Å². The summed E-state index contributed by atoms with van der Waals surface area (Å²) in [5.74, 6) is -6.52. The number of hydrogen-bond donors (Lipinski definition) is 8. The van der Waals surface area contributed by atoms with Gasteiger partial charge in [-0.15, -0.1) is 0 Å². The zero-order valence-corrected chi connectivity index (χ0v) is 23.4. The maximum atomic E-state index is 12.6. The average molecular weight is 635 g/mol. The van der Waals surface area contributed by atoms with E-state index in [-0.39, 0.29) is 11.4 Å². The predicted molar refractivity (Wildman–Crippen MR) is 138 cm³/mol. The van der Waals surface area contributed by atoms with E-state index in [1.807, 2.05) is 0 Å². The van der Waals surface area contributed by atoms with E-state index in [1.54, 1.807) is 0 Å². The molecule has 19 nitrogen and oxygen atoms in total. The number of benzene rings is 1. The lowest BCUT2D eigenvalue weighted by Crippen LogP contribution is -2.70. The Balaban J connectivity index is 1.93. The maximum Gasteiger partial charge on any atom is 0.364 e. The molecule has 3 rings (SSSR count). The van der Waals surface area contributed by atoms with E-state index in [0.29, 0.717) is 0 Å². The number of esters is 1. The van der Waals surface area contributed by atoms with Gasteiger partial charge >= 0.3 is 11.9 Å². The lowest BCUT2D eigenvalue weighted by Gasteiger charge is -2.49. The zero-order chi connectivity index (χ0) is 32.9. The molecule has 2 aliphatic rings. The van der Waals surface area contributed by atoms with Crippen LogP contribution in [0.4, 0.5) is 5.69 Å². The summed E-state index contributed by atoms with van der Waals surface area (Å²) in [6.45, 7) is 0.408. The van der Waals surface area contributed by atoms with Crippen molar-refractivity contribution in [1.29, 1.82) is 0 Å². The fourth-order valence-corrected chi connectivity index (χ4v) is 4.73. The van der Waals surface area contributed by atoms with Crippen molar-refractivity contribution in [3.8, 4) is 5.75 Å². The molecular formula is C25H34N2O17. The summed E-state index contributed by atoms with van der Waals surface area (Å²) in [4.78, 5) is 45.9. The van der Waals surface area contributed by atoms with Crippen molar-refractivity contribution in [2.24, 2.45) is 0 Å². The van der Waals surface area contributed by atoms with Gasteiger partial charge in [-0.3, -0.25) is 19.7 Å². The van der Waals surface area contributed by atoms with Gasteiger partial charge in [0, 0.05) is 32.4 Å². The number of aliphatic carboxylic acids is 1. The van der Waals surface area contributed by atoms with E-state index in [2.05, 4.69) is 10.1 Å². The number of nitro benzene ring substituents is 1. The summed E-state index contributed by atoms with van der Waals surface area (Å²) in [5.41, 5.74) is -0.281. The molecule has 246 valence electrons. The van der Waals surface area contributed by atoms with Crippen LogP contribution in [-0.2, 0) is 33.3 Å². The van der Waals surface area contributed by atoms with Crippen LogP contribution in [0.15, 0.2) is 24.3 Å². The topological polar surface area (TPSA) is 294 Å². The molecule has 0 saturated carbocycles. The number of aliphatic hydroxyl groups is 6. The molecule has 0 aliphatic carbocycles. The molecule has 1 amide bonds. The fraction of sp³-hybridized carbons (Fsp3) is 0.640. The van der Waals surface area contributed by atoms with Gasteiger partial charge in [0.25, 0.3) is 11.5 Å². The van der Waals surface area contributed by atoms with Crippen molar-refractivity contribution < 1.29 is 78.7 Å². The van der Waals surface area contributed by atoms with Crippen LogP contribution in [0, 0.1) is 10.1 Å². The number of nitrogens with zero attached hydrogens (tertiary/aromatic N) is 1. The number of ether oxygens (including phenoxy) is 5. The Morgan fingerprint density at radius 3 is 2.30 bits per heavy atom. The third-order valence-corrected chi connectivity index (χ3v) is 6.90. The van der Waals surface area contributed by atoms with Gasteiger partial charge in [0.1, 0.15) is 55.1 Å². The van der Waals surface area contributed by atoms with Crippen molar-refractivity contribution in [1.82, 2.24) is 5.32 Å². The molecule has 0 radical (unpaired) electrons. The molecule has 2 aliphatic heterocycles. The summed E-state index contributed by atoms with van der Waals surface area (Å²) in [5, 5.41) is 87.2. The molecule has 11 atom stereocenters. The summed E-state index contributed by atoms with van der Waals surface area (Å²) in [6.07, 6.45) is -18.0. The number of carboxylic acids is 1. The van der Waals surface area contributed by atoms with Crippen molar-refractivity contribution in [2.75, 3.05) is 13.2 Å². The Morgan fingerprint density at radius 1 is 1.14 bits per heavy atom. The third-order valence-electron chi connectivity index (χ3n) is 6.90. The Hall–Kier alpha value is -3.53. The normalized spacial score (nSPS) is 33.5. The van der Waals surface area contributed by atoms with Gasteiger partial charge in [-0.1, -0.05) is 0 Å². The number of nitro groups is 1. The maximum absolute atomic E-state index is 12.6. The van der Waals surface area contributed by atoms with E-state index in [9.17, 15) is 60.2 Å². The van der Waals surface area contributed by atoms with Crippen LogP contribution in [0.2, 0.25) is 0 Å². The number of carbonyl (C=O) groups is 3. The van der Waals surface area contributed by atoms with E-state index in [0.717, 1.165) is 38.1 Å². The Labute approximate surface area is 248 Å². The Kier molecular flexibility index (Phi) is 11.5. The second kappa shape index (κ2) is 14.5. The number of nitrogens with one attached hydrogen (secondary N) is 1. The van der Waals surface area contributed by atoms with Crippen LogP contribution >= 0.6 is 0 Å². The number of aliphatic hydroxyl groups excluding tert-OH is 6. The van der Waals surface area contributed by atoms with Gasteiger partial charge in [0.2, 0.25) is 12.2 Å². The number of rotatable bonds is 12. The van der Waals surface area contributed by atoms with Crippen LogP contribution in [0.1, 0.15) is 20.3 Å². The summed E-state index contributed by atoms with van der Waals surface area (Å²) in [7, 11) is 0. The fourth-order valence-electron chi connectivity index (χ4n) is 4.73. The first-order valence-electron chi connectivity index (χ1n) is 13.2.